The van der Waals surface area contributed by atoms with Crippen molar-refractivity contribution in [3.05, 3.63) is 84.1 Å². The summed E-state index contributed by atoms with van der Waals surface area (Å²) in [6.45, 7) is 0.567. The van der Waals surface area contributed by atoms with Crippen molar-refractivity contribution >= 4 is 0 Å². The van der Waals surface area contributed by atoms with E-state index in [9.17, 15) is 0 Å². The number of nitrogens with two attached hydrogens (primary N) is 1. The van der Waals surface area contributed by atoms with Gasteiger partial charge >= 0.3 is 0 Å². The molecule has 3 aromatic rings. The fourth-order valence-electron chi connectivity index (χ4n) is 2.23. The Kier molecular flexibility index (Phi) is 4.51. The number of aromatic nitrogens is 1. The highest BCUT2D eigenvalue weighted by atomic mass is 16.5. The van der Waals surface area contributed by atoms with Crippen LogP contribution < -0.4 is 10.5 Å². The summed E-state index contributed by atoms with van der Waals surface area (Å²) >= 11 is 0. The van der Waals surface area contributed by atoms with E-state index in [1.165, 1.54) is 6.39 Å². The molecule has 22 heavy (non-hydrogen) atoms. The third kappa shape index (κ3) is 3.74. The van der Waals surface area contributed by atoms with Gasteiger partial charge in [0.2, 0.25) is 0 Å². The molecule has 0 aliphatic carbocycles. The lowest BCUT2D eigenvalue weighted by Crippen LogP contribution is -2.12. The molecule has 0 aliphatic rings. The molecule has 0 radical (unpaired) electrons. The molecule has 4 nitrogen and oxygen atoms in total. The maximum Gasteiger partial charge on any atom is 0.180 e. The molecular formula is C18H18N2O2. The second kappa shape index (κ2) is 6.91. The van der Waals surface area contributed by atoms with Crippen LogP contribution in [-0.4, -0.2) is 4.98 Å². The van der Waals surface area contributed by atoms with Crippen LogP contribution in [0.1, 0.15) is 22.9 Å². The highest BCUT2D eigenvalue weighted by Gasteiger charge is 2.10. The summed E-state index contributed by atoms with van der Waals surface area (Å²) in [7, 11) is 0. The molecule has 0 saturated heterocycles. The maximum absolute atomic E-state index is 6.08. The predicted molar refractivity (Wildman–Crippen MR) is 84.4 cm³/mol. The standard InChI is InChI=1S/C18H18N2O2/c19-17(18-11-20-13-22-18)10-14-6-8-16(9-7-14)21-12-15-4-2-1-3-5-15/h1-9,11,13,17H,10,12,19H2/t17-/m0/s1. The van der Waals surface area contributed by atoms with Gasteiger partial charge in [0.05, 0.1) is 12.2 Å². The second-order valence-electron chi connectivity index (χ2n) is 5.13. The van der Waals surface area contributed by atoms with Gasteiger partial charge in [0, 0.05) is 0 Å². The van der Waals surface area contributed by atoms with Gasteiger partial charge in [0.1, 0.15) is 18.1 Å². The van der Waals surface area contributed by atoms with Gasteiger partial charge in [-0.25, -0.2) is 4.98 Å². The minimum atomic E-state index is -0.182. The number of nitrogens with zero attached hydrogens (tertiary/aromatic N) is 1. The van der Waals surface area contributed by atoms with Crippen molar-refractivity contribution < 1.29 is 9.15 Å². The Bertz CT molecular complexity index is 679. The second-order valence-corrected chi connectivity index (χ2v) is 5.13. The number of hydrogen-bond donors (Lipinski definition) is 1. The van der Waals surface area contributed by atoms with Crippen molar-refractivity contribution in [2.24, 2.45) is 5.73 Å². The van der Waals surface area contributed by atoms with Crippen LogP contribution in [0.15, 0.2) is 71.6 Å². The van der Waals surface area contributed by atoms with Crippen molar-refractivity contribution in [1.82, 2.24) is 4.98 Å². The topological polar surface area (TPSA) is 61.3 Å². The van der Waals surface area contributed by atoms with Gasteiger partial charge in [-0.1, -0.05) is 42.5 Å². The highest BCUT2D eigenvalue weighted by molar-refractivity contribution is 5.28. The Morgan fingerprint density at radius 3 is 2.45 bits per heavy atom. The molecule has 0 fully saturated rings. The van der Waals surface area contributed by atoms with Crippen LogP contribution in [0.4, 0.5) is 0 Å². The van der Waals surface area contributed by atoms with Crippen LogP contribution in [0.2, 0.25) is 0 Å². The molecule has 0 saturated carbocycles. The van der Waals surface area contributed by atoms with E-state index in [1.807, 2.05) is 54.6 Å². The van der Waals surface area contributed by atoms with Crippen LogP contribution in [0.25, 0.3) is 0 Å². The first-order valence-electron chi connectivity index (χ1n) is 7.21. The molecule has 4 heteroatoms. The van der Waals surface area contributed by atoms with E-state index in [1.54, 1.807) is 6.20 Å². The number of rotatable bonds is 6. The van der Waals surface area contributed by atoms with Crippen molar-refractivity contribution in [3.8, 4) is 5.75 Å². The minimum absolute atomic E-state index is 0.182. The molecule has 3 rings (SSSR count). The Hall–Kier alpha value is -2.59. The van der Waals surface area contributed by atoms with Gasteiger partial charge < -0.3 is 14.9 Å². The van der Waals surface area contributed by atoms with Crippen molar-refractivity contribution in [2.45, 2.75) is 19.1 Å². The molecule has 2 N–H and O–H groups in total. The first kappa shape index (κ1) is 14.4. The lowest BCUT2D eigenvalue weighted by molar-refractivity contribution is 0.306. The molecule has 0 spiro atoms. The van der Waals surface area contributed by atoms with Crippen LogP contribution in [0, 0.1) is 0 Å². The lowest BCUT2D eigenvalue weighted by Gasteiger charge is -2.10. The third-order valence-corrected chi connectivity index (χ3v) is 3.44. The van der Waals surface area contributed by atoms with Gasteiger partial charge in [0.15, 0.2) is 6.39 Å². The van der Waals surface area contributed by atoms with Gasteiger partial charge in [-0.2, -0.15) is 0 Å². The van der Waals surface area contributed by atoms with Gasteiger partial charge in [0.25, 0.3) is 0 Å². The molecule has 2 aromatic carbocycles. The first-order chi connectivity index (χ1) is 10.8. The average Bonchev–Trinajstić information content (AvgIpc) is 3.10. The van der Waals surface area contributed by atoms with E-state index in [-0.39, 0.29) is 6.04 Å². The van der Waals surface area contributed by atoms with Crippen LogP contribution >= 0.6 is 0 Å². The van der Waals surface area contributed by atoms with Crippen LogP contribution in [-0.2, 0) is 13.0 Å². The summed E-state index contributed by atoms with van der Waals surface area (Å²) in [6.07, 6.45) is 3.76. The lowest BCUT2D eigenvalue weighted by atomic mass is 10.1. The van der Waals surface area contributed by atoms with E-state index < -0.39 is 0 Å². The van der Waals surface area contributed by atoms with Gasteiger partial charge in [-0.15, -0.1) is 0 Å². The molecule has 1 aromatic heterocycles. The third-order valence-electron chi connectivity index (χ3n) is 3.44. The minimum Gasteiger partial charge on any atom is -0.489 e. The Labute approximate surface area is 129 Å². The number of benzene rings is 2. The maximum atomic E-state index is 6.08. The summed E-state index contributed by atoms with van der Waals surface area (Å²) < 4.78 is 11.0. The molecule has 0 amide bonds. The molecular weight excluding hydrogens is 276 g/mol. The van der Waals surface area contributed by atoms with E-state index in [0.717, 1.165) is 16.9 Å². The molecule has 0 unspecified atom stereocenters. The van der Waals surface area contributed by atoms with Crippen LogP contribution in [0.5, 0.6) is 5.75 Å². The number of oxazole rings is 1. The molecule has 1 heterocycles. The number of hydrogen-bond acceptors (Lipinski definition) is 4. The fraction of sp³-hybridized carbons (Fsp3) is 0.167. The SMILES string of the molecule is N[C@@H](Cc1ccc(OCc2ccccc2)cc1)c1cnco1. The Morgan fingerprint density at radius 2 is 1.77 bits per heavy atom. The Morgan fingerprint density at radius 1 is 1.00 bits per heavy atom. The van der Waals surface area contributed by atoms with Crippen LogP contribution in [0.3, 0.4) is 0 Å². The monoisotopic (exact) mass is 294 g/mol. The zero-order valence-electron chi connectivity index (χ0n) is 12.2. The zero-order chi connectivity index (χ0) is 15.2. The summed E-state index contributed by atoms with van der Waals surface area (Å²) in [6, 6.07) is 17.9. The largest absolute Gasteiger partial charge is 0.489 e. The van der Waals surface area contributed by atoms with Gasteiger partial charge in [-0.3, -0.25) is 0 Å². The first-order valence-corrected chi connectivity index (χ1v) is 7.21. The quantitative estimate of drug-likeness (QED) is 0.756. The normalized spacial score (nSPS) is 12.0. The summed E-state index contributed by atoms with van der Waals surface area (Å²) in [5.41, 5.74) is 8.37. The summed E-state index contributed by atoms with van der Waals surface area (Å²) in [5, 5.41) is 0. The van der Waals surface area contributed by atoms with E-state index in [4.69, 9.17) is 14.9 Å². The summed E-state index contributed by atoms with van der Waals surface area (Å²) in [5.74, 6) is 1.55. The van der Waals surface area contributed by atoms with E-state index in [0.29, 0.717) is 18.8 Å². The molecule has 0 bridgehead atoms. The van der Waals surface area contributed by atoms with E-state index in [2.05, 4.69) is 4.98 Å². The molecule has 1 atom stereocenters. The average molecular weight is 294 g/mol. The van der Waals surface area contributed by atoms with E-state index >= 15 is 0 Å². The molecule has 0 aliphatic heterocycles. The zero-order valence-corrected chi connectivity index (χ0v) is 12.2. The number of ether oxygens (including phenoxy) is 1. The van der Waals surface area contributed by atoms with Crippen molar-refractivity contribution in [3.63, 3.8) is 0 Å². The smallest absolute Gasteiger partial charge is 0.180 e. The highest BCUT2D eigenvalue weighted by Crippen LogP contribution is 2.19. The van der Waals surface area contributed by atoms with Gasteiger partial charge in [-0.05, 0) is 29.7 Å². The fourth-order valence-corrected chi connectivity index (χ4v) is 2.23. The van der Waals surface area contributed by atoms with Crippen molar-refractivity contribution in [2.75, 3.05) is 0 Å². The summed E-state index contributed by atoms with van der Waals surface area (Å²) in [4.78, 5) is 3.89. The predicted octanol–water partition coefficient (Wildman–Crippen LogP) is 3.50. The van der Waals surface area contributed by atoms with Crippen molar-refractivity contribution in [1.29, 1.82) is 0 Å². The Balaban J connectivity index is 1.56. The molecule has 112 valence electrons.